The molecule has 0 spiro atoms. The van der Waals surface area contributed by atoms with E-state index in [2.05, 4.69) is 11.9 Å². The fourth-order valence-corrected chi connectivity index (χ4v) is 3.17. The van der Waals surface area contributed by atoms with E-state index in [0.717, 1.165) is 39.8 Å². The van der Waals surface area contributed by atoms with Crippen LogP contribution in [0.5, 0.6) is 5.75 Å². The summed E-state index contributed by atoms with van der Waals surface area (Å²) in [6.07, 6.45) is 3.07. The number of phenolic OH excluding ortho intramolecular Hbond substituents is 1. The fourth-order valence-electron chi connectivity index (χ4n) is 3.17. The van der Waals surface area contributed by atoms with Crippen molar-refractivity contribution in [3.05, 3.63) is 65.9 Å². The molecular formula is C22H22N2O2. The number of ketones is 1. The first kappa shape index (κ1) is 17.7. The molecule has 1 heterocycles. The van der Waals surface area contributed by atoms with E-state index in [9.17, 15) is 9.90 Å². The summed E-state index contributed by atoms with van der Waals surface area (Å²) in [5.74, 6) is 0.812. The molecule has 4 heteroatoms. The minimum Gasteiger partial charge on any atom is -0.508 e. The molecule has 26 heavy (non-hydrogen) atoms. The van der Waals surface area contributed by atoms with Crippen LogP contribution < -0.4 is 5.73 Å². The van der Waals surface area contributed by atoms with Gasteiger partial charge in [0.05, 0.1) is 0 Å². The molecule has 3 N–H and O–H groups in total. The number of hydrogen-bond acceptors (Lipinski definition) is 4. The molecule has 2 aromatic carbocycles. The molecule has 0 fully saturated rings. The van der Waals surface area contributed by atoms with Gasteiger partial charge in [-0.2, -0.15) is 0 Å². The maximum Gasteiger partial charge on any atom is 0.162 e. The van der Waals surface area contributed by atoms with Gasteiger partial charge in [-0.3, -0.25) is 4.79 Å². The molecule has 0 unspecified atom stereocenters. The zero-order chi connectivity index (χ0) is 18.7. The summed E-state index contributed by atoms with van der Waals surface area (Å²) in [6.45, 7) is 3.94. The first-order valence-corrected chi connectivity index (χ1v) is 8.75. The summed E-state index contributed by atoms with van der Waals surface area (Å²) >= 11 is 0. The Kier molecular flexibility index (Phi) is 5.03. The van der Waals surface area contributed by atoms with Crippen LogP contribution in [-0.4, -0.2) is 15.9 Å². The molecule has 0 aliphatic carbocycles. The molecular weight excluding hydrogens is 324 g/mol. The zero-order valence-electron chi connectivity index (χ0n) is 15.0. The van der Waals surface area contributed by atoms with Crippen LogP contribution in [0.1, 0.15) is 36.2 Å². The van der Waals surface area contributed by atoms with E-state index in [1.165, 1.54) is 0 Å². The highest BCUT2D eigenvalue weighted by molar-refractivity contribution is 5.96. The third-order valence-electron chi connectivity index (χ3n) is 4.56. The highest BCUT2D eigenvalue weighted by atomic mass is 16.3. The fraction of sp³-hybridized carbons (Fsp3) is 0.182. The van der Waals surface area contributed by atoms with E-state index in [1.54, 1.807) is 18.3 Å². The van der Waals surface area contributed by atoms with Gasteiger partial charge in [0, 0.05) is 29.3 Å². The lowest BCUT2D eigenvalue weighted by molar-refractivity contribution is 0.0988. The largest absolute Gasteiger partial charge is 0.508 e. The van der Waals surface area contributed by atoms with Crippen LogP contribution in [0.2, 0.25) is 0 Å². The number of carbonyl (C=O) groups excluding carboxylic acids is 1. The minimum absolute atomic E-state index is 0.132. The molecule has 0 saturated carbocycles. The highest BCUT2D eigenvalue weighted by Gasteiger charge is 2.15. The van der Waals surface area contributed by atoms with E-state index in [0.29, 0.717) is 12.2 Å². The molecule has 0 saturated heterocycles. The SMILES string of the molecule is CCC(=O)c1ccc(-c2cnc(N)c(-c3ccc(O)cc3)c2CC)cc1. The van der Waals surface area contributed by atoms with Crippen LogP contribution in [0.4, 0.5) is 5.82 Å². The lowest BCUT2D eigenvalue weighted by atomic mass is 9.91. The third kappa shape index (κ3) is 3.31. The number of aromatic hydroxyl groups is 1. The summed E-state index contributed by atoms with van der Waals surface area (Å²) in [4.78, 5) is 16.2. The van der Waals surface area contributed by atoms with Crippen molar-refractivity contribution in [3.63, 3.8) is 0 Å². The topological polar surface area (TPSA) is 76.2 Å². The van der Waals surface area contributed by atoms with Gasteiger partial charge in [0.2, 0.25) is 0 Å². The van der Waals surface area contributed by atoms with Gasteiger partial charge in [0.25, 0.3) is 0 Å². The Hall–Kier alpha value is -3.14. The van der Waals surface area contributed by atoms with Crippen LogP contribution in [0, 0.1) is 0 Å². The number of benzene rings is 2. The Morgan fingerprint density at radius 2 is 1.62 bits per heavy atom. The summed E-state index contributed by atoms with van der Waals surface area (Å²) in [7, 11) is 0. The Morgan fingerprint density at radius 3 is 2.19 bits per heavy atom. The number of nitrogen functional groups attached to an aromatic ring is 1. The summed E-state index contributed by atoms with van der Waals surface area (Å²) in [5, 5.41) is 9.55. The molecule has 1 aromatic heterocycles. The van der Waals surface area contributed by atoms with Crippen molar-refractivity contribution in [1.82, 2.24) is 4.98 Å². The van der Waals surface area contributed by atoms with E-state index < -0.39 is 0 Å². The van der Waals surface area contributed by atoms with Gasteiger partial charge in [-0.05, 0) is 35.2 Å². The number of Topliss-reactive ketones (excluding diaryl/α,β-unsaturated/α-hetero) is 1. The van der Waals surface area contributed by atoms with Crippen LogP contribution in [0.3, 0.4) is 0 Å². The van der Waals surface area contributed by atoms with E-state index in [1.807, 2.05) is 43.3 Å². The molecule has 0 amide bonds. The molecule has 0 aliphatic rings. The summed E-state index contributed by atoms with van der Waals surface area (Å²) < 4.78 is 0. The number of anilines is 1. The quantitative estimate of drug-likeness (QED) is 0.647. The van der Waals surface area contributed by atoms with Crippen LogP contribution in [-0.2, 0) is 6.42 Å². The van der Waals surface area contributed by atoms with Gasteiger partial charge < -0.3 is 10.8 Å². The molecule has 3 rings (SSSR count). The zero-order valence-corrected chi connectivity index (χ0v) is 15.0. The predicted molar refractivity (Wildman–Crippen MR) is 105 cm³/mol. The van der Waals surface area contributed by atoms with Crippen molar-refractivity contribution >= 4 is 11.6 Å². The highest BCUT2D eigenvalue weighted by Crippen LogP contribution is 2.36. The third-order valence-corrected chi connectivity index (χ3v) is 4.56. The summed E-state index contributed by atoms with van der Waals surface area (Å²) in [6, 6.07) is 14.6. The maximum atomic E-state index is 11.8. The smallest absolute Gasteiger partial charge is 0.162 e. The molecule has 0 bridgehead atoms. The molecule has 0 atom stereocenters. The van der Waals surface area contributed by atoms with Gasteiger partial charge in [-0.25, -0.2) is 4.98 Å². The van der Waals surface area contributed by atoms with Crippen LogP contribution >= 0.6 is 0 Å². The van der Waals surface area contributed by atoms with Crippen molar-refractivity contribution < 1.29 is 9.90 Å². The lowest BCUT2D eigenvalue weighted by Gasteiger charge is -2.16. The van der Waals surface area contributed by atoms with Gasteiger partial charge in [0.15, 0.2) is 5.78 Å². The number of carbonyl (C=O) groups is 1. The lowest BCUT2D eigenvalue weighted by Crippen LogP contribution is -2.02. The van der Waals surface area contributed by atoms with Crippen LogP contribution in [0.25, 0.3) is 22.3 Å². The number of nitrogens with two attached hydrogens (primary N) is 1. The number of pyridine rings is 1. The molecule has 0 radical (unpaired) electrons. The normalized spacial score (nSPS) is 10.7. The van der Waals surface area contributed by atoms with E-state index in [-0.39, 0.29) is 11.5 Å². The molecule has 132 valence electrons. The van der Waals surface area contributed by atoms with Crippen molar-refractivity contribution in [2.45, 2.75) is 26.7 Å². The van der Waals surface area contributed by atoms with E-state index >= 15 is 0 Å². The van der Waals surface area contributed by atoms with Gasteiger partial charge in [-0.1, -0.05) is 50.2 Å². The summed E-state index contributed by atoms with van der Waals surface area (Å²) in [5.41, 5.74) is 11.8. The number of hydrogen-bond donors (Lipinski definition) is 2. The predicted octanol–water partition coefficient (Wildman–Crippen LogP) is 4.86. The number of phenols is 1. The monoisotopic (exact) mass is 346 g/mol. The Labute approximate surface area is 153 Å². The van der Waals surface area contributed by atoms with Crippen molar-refractivity contribution in [2.75, 3.05) is 5.73 Å². The average Bonchev–Trinajstić information content (AvgIpc) is 2.68. The Balaban J connectivity index is 2.12. The average molecular weight is 346 g/mol. The standard InChI is InChI=1S/C22H22N2O2/c1-3-18-19(14-5-7-15(8-6-14)20(26)4-2)13-24-22(23)21(18)16-9-11-17(25)12-10-16/h5-13,25H,3-4H2,1-2H3,(H2,23,24). The Morgan fingerprint density at radius 1 is 1.00 bits per heavy atom. The van der Waals surface area contributed by atoms with Crippen LogP contribution in [0.15, 0.2) is 54.7 Å². The Bertz CT molecular complexity index is 930. The molecule has 3 aromatic rings. The van der Waals surface area contributed by atoms with Gasteiger partial charge in [0.1, 0.15) is 11.6 Å². The van der Waals surface area contributed by atoms with Gasteiger partial charge in [-0.15, -0.1) is 0 Å². The second-order valence-corrected chi connectivity index (χ2v) is 6.17. The number of aromatic nitrogens is 1. The first-order valence-electron chi connectivity index (χ1n) is 8.75. The van der Waals surface area contributed by atoms with Crippen molar-refractivity contribution in [1.29, 1.82) is 0 Å². The van der Waals surface area contributed by atoms with Crippen molar-refractivity contribution in [2.24, 2.45) is 0 Å². The second kappa shape index (κ2) is 7.40. The maximum absolute atomic E-state index is 11.8. The van der Waals surface area contributed by atoms with Gasteiger partial charge >= 0.3 is 0 Å². The number of rotatable bonds is 5. The number of nitrogens with zero attached hydrogens (tertiary/aromatic N) is 1. The second-order valence-electron chi connectivity index (χ2n) is 6.17. The van der Waals surface area contributed by atoms with Crippen molar-refractivity contribution in [3.8, 4) is 28.0 Å². The minimum atomic E-state index is 0.132. The molecule has 4 nitrogen and oxygen atoms in total. The molecule has 0 aliphatic heterocycles. The van der Waals surface area contributed by atoms with E-state index in [4.69, 9.17) is 5.73 Å². The first-order chi connectivity index (χ1) is 12.5.